The van der Waals surface area contributed by atoms with Crippen LogP contribution in [0.15, 0.2) is 70.9 Å². The van der Waals surface area contributed by atoms with Gasteiger partial charge in [-0.1, -0.05) is 36.4 Å². The van der Waals surface area contributed by atoms with Crippen LogP contribution in [0.1, 0.15) is 34.1 Å². The second-order valence-corrected chi connectivity index (χ2v) is 5.99. The molecule has 0 radical (unpaired) electrons. The van der Waals surface area contributed by atoms with Crippen molar-refractivity contribution in [3.05, 3.63) is 71.8 Å². The molecular formula is C20H22N4O4. The van der Waals surface area contributed by atoms with E-state index in [1.165, 1.54) is 13.1 Å². The van der Waals surface area contributed by atoms with E-state index in [0.717, 1.165) is 0 Å². The molecule has 146 valence electrons. The van der Waals surface area contributed by atoms with E-state index >= 15 is 0 Å². The van der Waals surface area contributed by atoms with Crippen molar-refractivity contribution >= 4 is 23.7 Å². The topological polar surface area (TPSA) is 123 Å². The molecule has 0 heterocycles. The molecule has 2 atom stereocenters. The Balaban J connectivity index is 2.05. The van der Waals surface area contributed by atoms with Gasteiger partial charge in [-0.05, 0) is 31.2 Å². The molecule has 0 aliphatic rings. The second-order valence-electron chi connectivity index (χ2n) is 5.99. The van der Waals surface area contributed by atoms with E-state index in [2.05, 4.69) is 21.1 Å². The smallest absolute Gasteiger partial charge is 0.271 e. The number of benzene rings is 2. The maximum Gasteiger partial charge on any atom is 0.271 e. The van der Waals surface area contributed by atoms with Crippen molar-refractivity contribution in [3.63, 3.8) is 0 Å². The summed E-state index contributed by atoms with van der Waals surface area (Å²) in [5, 5.41) is 27.1. The van der Waals surface area contributed by atoms with Gasteiger partial charge in [0.1, 0.15) is 0 Å². The maximum absolute atomic E-state index is 12.1. The van der Waals surface area contributed by atoms with Gasteiger partial charge in [-0.3, -0.25) is 9.59 Å². The van der Waals surface area contributed by atoms with Crippen LogP contribution in [0.2, 0.25) is 0 Å². The van der Waals surface area contributed by atoms with Crippen molar-refractivity contribution < 1.29 is 19.8 Å². The number of carbonyl (C=O) groups is 2. The van der Waals surface area contributed by atoms with Gasteiger partial charge in [0.05, 0.1) is 24.1 Å². The number of hydrogen-bond acceptors (Lipinski definition) is 6. The third-order valence-electron chi connectivity index (χ3n) is 3.73. The van der Waals surface area contributed by atoms with Gasteiger partial charge in [-0.2, -0.15) is 10.2 Å². The molecule has 0 aliphatic heterocycles. The fraction of sp³-hybridized carbons (Fsp3) is 0.200. The number of aliphatic hydroxyl groups is 2. The molecule has 2 amide bonds. The van der Waals surface area contributed by atoms with E-state index in [1.807, 2.05) is 0 Å². The molecule has 8 heteroatoms. The van der Waals surface area contributed by atoms with E-state index < -0.39 is 24.0 Å². The van der Waals surface area contributed by atoms with Crippen molar-refractivity contribution in [2.75, 3.05) is 0 Å². The van der Waals surface area contributed by atoms with Gasteiger partial charge in [-0.25, -0.2) is 10.9 Å². The fourth-order valence-corrected chi connectivity index (χ4v) is 2.11. The van der Waals surface area contributed by atoms with Gasteiger partial charge < -0.3 is 10.2 Å². The molecule has 2 rings (SSSR count). The third kappa shape index (κ3) is 6.75. The Morgan fingerprint density at radius 1 is 0.929 bits per heavy atom. The van der Waals surface area contributed by atoms with Gasteiger partial charge in [0.2, 0.25) is 0 Å². The Morgan fingerprint density at radius 2 is 1.43 bits per heavy atom. The molecule has 4 N–H and O–H groups in total. The molecule has 0 aliphatic carbocycles. The van der Waals surface area contributed by atoms with Gasteiger partial charge in [0.15, 0.2) is 0 Å². The molecule has 2 aromatic rings. The summed E-state index contributed by atoms with van der Waals surface area (Å²) in [4.78, 5) is 24.1. The van der Waals surface area contributed by atoms with Gasteiger partial charge in [0, 0.05) is 17.5 Å². The highest BCUT2D eigenvalue weighted by Crippen LogP contribution is 2.02. The molecule has 0 spiro atoms. The Morgan fingerprint density at radius 3 is 1.93 bits per heavy atom. The van der Waals surface area contributed by atoms with E-state index in [1.54, 1.807) is 60.7 Å². The first-order chi connectivity index (χ1) is 13.5. The van der Waals surface area contributed by atoms with Crippen molar-refractivity contribution in [2.24, 2.45) is 10.2 Å². The Kier molecular flexibility index (Phi) is 8.01. The summed E-state index contributed by atoms with van der Waals surface area (Å²) in [6, 6.07) is 17.0. The minimum Gasteiger partial charge on any atom is -0.391 e. The molecule has 2 unspecified atom stereocenters. The standard InChI is InChI=1S/C20H22N4O4/c1-14(25)18(26)12-17(22-24-20(28)16-10-6-3-7-11-16)13-21-23-19(27)15-8-4-2-5-9-15/h2-11,13-14,18,25-26H,12H2,1H3,(H,23,27)(H,24,28)/b21-13+,22-17-. The van der Waals surface area contributed by atoms with Crippen LogP contribution < -0.4 is 10.9 Å². The zero-order valence-electron chi connectivity index (χ0n) is 15.3. The number of aliphatic hydroxyl groups excluding tert-OH is 2. The highest BCUT2D eigenvalue weighted by Gasteiger charge is 2.14. The van der Waals surface area contributed by atoms with Crippen LogP contribution >= 0.6 is 0 Å². The molecule has 0 saturated carbocycles. The zero-order valence-corrected chi connectivity index (χ0v) is 15.3. The van der Waals surface area contributed by atoms with E-state index in [0.29, 0.717) is 11.1 Å². The summed E-state index contributed by atoms with van der Waals surface area (Å²) in [5.41, 5.74) is 5.72. The van der Waals surface area contributed by atoms with Crippen LogP contribution in [0, 0.1) is 0 Å². The first-order valence-corrected chi connectivity index (χ1v) is 8.64. The largest absolute Gasteiger partial charge is 0.391 e. The molecule has 0 fully saturated rings. The number of rotatable bonds is 8. The molecule has 0 bridgehead atoms. The van der Waals surface area contributed by atoms with Crippen molar-refractivity contribution in [3.8, 4) is 0 Å². The van der Waals surface area contributed by atoms with Crippen molar-refractivity contribution in [2.45, 2.75) is 25.6 Å². The highest BCUT2D eigenvalue weighted by molar-refractivity contribution is 6.31. The monoisotopic (exact) mass is 382 g/mol. The first-order valence-electron chi connectivity index (χ1n) is 8.64. The Labute approximate surface area is 162 Å². The maximum atomic E-state index is 12.1. The summed E-state index contributed by atoms with van der Waals surface area (Å²) >= 11 is 0. The van der Waals surface area contributed by atoms with Crippen LogP contribution in [-0.4, -0.2) is 46.2 Å². The molecular weight excluding hydrogens is 360 g/mol. The normalized spacial score (nSPS) is 13.8. The second kappa shape index (κ2) is 10.7. The third-order valence-corrected chi connectivity index (χ3v) is 3.73. The predicted octanol–water partition coefficient (Wildman–Crippen LogP) is 1.32. The number of nitrogens with one attached hydrogen (secondary N) is 2. The van der Waals surface area contributed by atoms with Crippen LogP contribution in [0.5, 0.6) is 0 Å². The predicted molar refractivity (Wildman–Crippen MR) is 106 cm³/mol. The molecule has 0 saturated heterocycles. The van der Waals surface area contributed by atoms with Crippen molar-refractivity contribution in [1.29, 1.82) is 0 Å². The van der Waals surface area contributed by atoms with E-state index in [9.17, 15) is 19.8 Å². The number of carbonyl (C=O) groups excluding carboxylic acids is 2. The van der Waals surface area contributed by atoms with E-state index in [-0.39, 0.29) is 12.1 Å². The van der Waals surface area contributed by atoms with Crippen LogP contribution in [0.25, 0.3) is 0 Å². The van der Waals surface area contributed by atoms with Crippen LogP contribution in [0.4, 0.5) is 0 Å². The fourth-order valence-electron chi connectivity index (χ4n) is 2.11. The van der Waals surface area contributed by atoms with E-state index in [4.69, 9.17) is 0 Å². The zero-order chi connectivity index (χ0) is 20.4. The average molecular weight is 382 g/mol. The van der Waals surface area contributed by atoms with Crippen LogP contribution in [-0.2, 0) is 0 Å². The Bertz CT molecular complexity index is 836. The lowest BCUT2D eigenvalue weighted by molar-refractivity contribution is 0.0366. The summed E-state index contributed by atoms with van der Waals surface area (Å²) in [6.45, 7) is 1.43. The molecule has 2 aromatic carbocycles. The number of hydrogen-bond donors (Lipinski definition) is 4. The van der Waals surface area contributed by atoms with Crippen LogP contribution in [0.3, 0.4) is 0 Å². The SMILES string of the molecule is CC(O)C(O)CC(/C=N/NC(=O)c1ccccc1)=N/NC(=O)c1ccccc1. The minimum absolute atomic E-state index is 0.0720. The van der Waals surface area contributed by atoms with Gasteiger partial charge in [0.25, 0.3) is 11.8 Å². The summed E-state index contributed by atoms with van der Waals surface area (Å²) in [5.74, 6) is -0.855. The first kappa shape index (κ1) is 20.9. The molecule has 0 aromatic heterocycles. The number of amides is 2. The van der Waals surface area contributed by atoms with Crippen molar-refractivity contribution in [1.82, 2.24) is 10.9 Å². The van der Waals surface area contributed by atoms with Gasteiger partial charge in [-0.15, -0.1) is 0 Å². The van der Waals surface area contributed by atoms with Gasteiger partial charge >= 0.3 is 0 Å². The Hall–Kier alpha value is -3.36. The lowest BCUT2D eigenvalue weighted by Crippen LogP contribution is -2.29. The lowest BCUT2D eigenvalue weighted by atomic mass is 10.1. The molecule has 8 nitrogen and oxygen atoms in total. The average Bonchev–Trinajstić information content (AvgIpc) is 2.72. The summed E-state index contributed by atoms with van der Waals surface area (Å²) < 4.78 is 0. The summed E-state index contributed by atoms with van der Waals surface area (Å²) in [6.07, 6.45) is -0.971. The molecule has 28 heavy (non-hydrogen) atoms. The summed E-state index contributed by atoms with van der Waals surface area (Å²) in [7, 11) is 0. The lowest BCUT2D eigenvalue weighted by Gasteiger charge is -2.13. The highest BCUT2D eigenvalue weighted by atomic mass is 16.3. The number of nitrogens with zero attached hydrogens (tertiary/aromatic N) is 2. The quantitative estimate of drug-likeness (QED) is 0.406. The minimum atomic E-state index is -1.11. The number of hydrazone groups is 2.